The zero-order chi connectivity index (χ0) is 17.8. The monoisotopic (exact) mass is 371 g/mol. The lowest BCUT2D eigenvalue weighted by atomic mass is 9.46. The van der Waals surface area contributed by atoms with E-state index in [0.29, 0.717) is 18.4 Å². The fraction of sp³-hybridized carbons (Fsp3) is 0.579. The number of amides is 1. The highest BCUT2D eigenvalue weighted by Gasteiger charge is 2.61. The first kappa shape index (κ1) is 16.2. The van der Waals surface area contributed by atoms with E-state index >= 15 is 0 Å². The van der Waals surface area contributed by atoms with Gasteiger partial charge in [-0.1, -0.05) is 6.07 Å². The smallest absolute Gasteiger partial charge is 0.242 e. The van der Waals surface area contributed by atoms with Crippen LogP contribution in [0.1, 0.15) is 44.2 Å². The molecule has 0 aromatic carbocycles. The summed E-state index contributed by atoms with van der Waals surface area (Å²) in [4.78, 5) is 21.7. The van der Waals surface area contributed by atoms with Crippen molar-refractivity contribution in [3.8, 4) is 0 Å². The Kier molecular flexibility index (Phi) is 3.61. The van der Waals surface area contributed by atoms with E-state index in [1.165, 1.54) is 6.42 Å². The normalized spacial score (nSPS) is 34.8. The molecule has 0 radical (unpaired) electrons. The van der Waals surface area contributed by atoms with E-state index in [2.05, 4.69) is 20.4 Å². The van der Waals surface area contributed by atoms with Gasteiger partial charge in [0.25, 0.3) is 0 Å². The molecule has 1 amide bonds. The van der Waals surface area contributed by atoms with Crippen LogP contribution in [-0.2, 0) is 16.9 Å². The van der Waals surface area contributed by atoms with Crippen molar-refractivity contribution in [3.05, 3.63) is 41.7 Å². The molecule has 6 rings (SSSR count). The first-order chi connectivity index (χ1) is 12.6. The molecule has 0 spiro atoms. The first-order valence-corrected chi connectivity index (χ1v) is 9.71. The molecule has 2 heterocycles. The highest BCUT2D eigenvalue weighted by atomic mass is 35.5. The van der Waals surface area contributed by atoms with Crippen LogP contribution in [0.4, 0.5) is 0 Å². The Balaban J connectivity index is 1.40. The molecule has 2 unspecified atom stereocenters. The highest BCUT2D eigenvalue weighted by molar-refractivity contribution is 6.28. The molecule has 7 heteroatoms. The van der Waals surface area contributed by atoms with Gasteiger partial charge in [-0.25, -0.2) is 9.67 Å². The van der Waals surface area contributed by atoms with Gasteiger partial charge in [0.1, 0.15) is 6.33 Å². The Morgan fingerprint density at radius 2 is 2.04 bits per heavy atom. The van der Waals surface area contributed by atoms with Crippen LogP contribution >= 0.6 is 11.6 Å². The fourth-order valence-electron chi connectivity index (χ4n) is 6.08. The third-order valence-electron chi connectivity index (χ3n) is 6.62. The Labute approximate surface area is 157 Å². The molecule has 1 N–H and O–H groups in total. The number of hydrogen-bond acceptors (Lipinski definition) is 4. The van der Waals surface area contributed by atoms with Gasteiger partial charge in [-0.05, 0) is 74.1 Å². The minimum Gasteiger partial charge on any atom is -0.350 e. The van der Waals surface area contributed by atoms with Crippen LogP contribution in [0.25, 0.3) is 0 Å². The van der Waals surface area contributed by atoms with Gasteiger partial charge in [0.2, 0.25) is 11.2 Å². The second-order valence-corrected chi connectivity index (χ2v) is 8.77. The SMILES string of the molecule is O=C(NCc1ccccn1)C12C[C@H]3C[C@@H](C1)CC(n1cnc(Cl)n1)(C3)C2. The van der Waals surface area contributed by atoms with E-state index < -0.39 is 0 Å². The molecule has 6 nitrogen and oxygen atoms in total. The topological polar surface area (TPSA) is 72.7 Å². The molecular weight excluding hydrogens is 350 g/mol. The number of rotatable bonds is 4. The highest BCUT2D eigenvalue weighted by Crippen LogP contribution is 2.64. The van der Waals surface area contributed by atoms with Gasteiger partial charge >= 0.3 is 0 Å². The summed E-state index contributed by atoms with van der Waals surface area (Å²) in [5.41, 5.74) is 0.493. The molecule has 0 saturated heterocycles. The Hall–Kier alpha value is -1.95. The van der Waals surface area contributed by atoms with Crippen molar-refractivity contribution in [1.82, 2.24) is 25.1 Å². The van der Waals surface area contributed by atoms with Gasteiger partial charge in [-0.3, -0.25) is 9.78 Å². The number of halogens is 1. The van der Waals surface area contributed by atoms with Crippen LogP contribution in [-0.4, -0.2) is 25.7 Å². The number of carbonyl (C=O) groups is 1. The van der Waals surface area contributed by atoms with E-state index in [4.69, 9.17) is 11.6 Å². The standard InChI is InChI=1S/C19H22ClN5O/c20-17-23-12-25(24-17)19-8-13-5-14(9-19)7-18(6-13,11-19)16(26)22-10-15-3-1-2-4-21-15/h1-4,12-14H,5-11H2,(H,22,26)/t13-,14+,18?,19?. The summed E-state index contributed by atoms with van der Waals surface area (Å²) in [5, 5.41) is 7.86. The second kappa shape index (κ2) is 5.78. The molecule has 4 atom stereocenters. The van der Waals surface area contributed by atoms with Gasteiger partial charge < -0.3 is 5.32 Å². The van der Waals surface area contributed by atoms with Crippen molar-refractivity contribution in [1.29, 1.82) is 0 Å². The van der Waals surface area contributed by atoms with Crippen molar-refractivity contribution < 1.29 is 4.79 Å². The molecule has 4 aliphatic rings. The zero-order valence-corrected chi connectivity index (χ0v) is 15.3. The molecule has 4 bridgehead atoms. The largest absolute Gasteiger partial charge is 0.350 e. The van der Waals surface area contributed by atoms with Gasteiger partial charge in [0.05, 0.1) is 23.2 Å². The predicted octanol–water partition coefficient (Wildman–Crippen LogP) is 2.94. The molecular formula is C19H22ClN5O. The van der Waals surface area contributed by atoms with Crippen LogP contribution in [0.15, 0.2) is 30.7 Å². The fourth-order valence-corrected chi connectivity index (χ4v) is 6.21. The average Bonchev–Trinajstić information content (AvgIpc) is 3.07. The molecule has 0 aliphatic heterocycles. The second-order valence-electron chi connectivity index (χ2n) is 8.43. The summed E-state index contributed by atoms with van der Waals surface area (Å²) in [6.07, 6.45) is 9.71. The molecule has 4 fully saturated rings. The molecule has 4 saturated carbocycles. The van der Waals surface area contributed by atoms with Crippen molar-refractivity contribution in [2.45, 2.75) is 50.6 Å². The first-order valence-electron chi connectivity index (χ1n) is 9.33. The van der Waals surface area contributed by atoms with Gasteiger partial charge in [0, 0.05) is 6.20 Å². The van der Waals surface area contributed by atoms with Crippen LogP contribution < -0.4 is 5.32 Å². The summed E-state index contributed by atoms with van der Waals surface area (Å²) in [5.74, 6) is 1.34. The van der Waals surface area contributed by atoms with Crippen molar-refractivity contribution >= 4 is 17.5 Å². The zero-order valence-electron chi connectivity index (χ0n) is 14.6. The summed E-state index contributed by atoms with van der Waals surface area (Å²) >= 11 is 5.99. The molecule has 26 heavy (non-hydrogen) atoms. The number of aromatic nitrogens is 4. The number of nitrogens with one attached hydrogen (secondary N) is 1. The lowest BCUT2D eigenvalue weighted by molar-refractivity contribution is -0.156. The number of pyridine rings is 1. The van der Waals surface area contributed by atoms with Crippen molar-refractivity contribution in [2.75, 3.05) is 0 Å². The summed E-state index contributed by atoms with van der Waals surface area (Å²) in [6, 6.07) is 5.78. The number of hydrogen-bond donors (Lipinski definition) is 1. The minimum atomic E-state index is -0.294. The van der Waals surface area contributed by atoms with E-state index in [1.54, 1.807) is 12.5 Å². The molecule has 2 aromatic heterocycles. The predicted molar refractivity (Wildman–Crippen MR) is 96.2 cm³/mol. The lowest BCUT2D eigenvalue weighted by Gasteiger charge is -2.60. The van der Waals surface area contributed by atoms with Gasteiger partial charge in [-0.15, -0.1) is 5.10 Å². The Bertz CT molecular complexity index is 821. The van der Waals surface area contributed by atoms with Crippen molar-refractivity contribution in [2.24, 2.45) is 17.3 Å². The number of carbonyl (C=O) groups excluding carboxylic acids is 1. The molecule has 136 valence electrons. The maximum absolute atomic E-state index is 13.2. The van der Waals surface area contributed by atoms with E-state index in [-0.39, 0.29) is 22.1 Å². The summed E-state index contributed by atoms with van der Waals surface area (Å²) in [6.45, 7) is 0.485. The van der Waals surface area contributed by atoms with Gasteiger partial charge in [-0.2, -0.15) is 0 Å². The van der Waals surface area contributed by atoms with Crippen LogP contribution in [0.3, 0.4) is 0 Å². The van der Waals surface area contributed by atoms with E-state index in [9.17, 15) is 4.79 Å². The molecule has 4 aliphatic carbocycles. The maximum Gasteiger partial charge on any atom is 0.242 e. The lowest BCUT2D eigenvalue weighted by Crippen LogP contribution is -2.61. The van der Waals surface area contributed by atoms with Crippen LogP contribution in [0.2, 0.25) is 5.28 Å². The quantitative estimate of drug-likeness (QED) is 0.896. The van der Waals surface area contributed by atoms with Crippen molar-refractivity contribution in [3.63, 3.8) is 0 Å². The number of nitrogens with zero attached hydrogens (tertiary/aromatic N) is 4. The maximum atomic E-state index is 13.2. The third kappa shape index (κ3) is 2.54. The summed E-state index contributed by atoms with van der Waals surface area (Å²) in [7, 11) is 0. The third-order valence-corrected chi connectivity index (χ3v) is 6.79. The Morgan fingerprint density at radius 3 is 2.69 bits per heavy atom. The van der Waals surface area contributed by atoms with Crippen LogP contribution in [0, 0.1) is 17.3 Å². The molecule has 2 aromatic rings. The van der Waals surface area contributed by atoms with Crippen LogP contribution in [0.5, 0.6) is 0 Å². The van der Waals surface area contributed by atoms with E-state index in [1.807, 2.05) is 22.9 Å². The van der Waals surface area contributed by atoms with E-state index in [0.717, 1.165) is 37.8 Å². The Morgan fingerprint density at radius 1 is 1.23 bits per heavy atom. The minimum absolute atomic E-state index is 0.105. The van der Waals surface area contributed by atoms with Gasteiger partial charge in [0.15, 0.2) is 0 Å². The summed E-state index contributed by atoms with van der Waals surface area (Å²) < 4.78 is 1.95. The average molecular weight is 372 g/mol.